The second kappa shape index (κ2) is 6.10. The number of nitrogens with zero attached hydrogens (tertiary/aromatic N) is 1. The molecule has 8 nitrogen and oxygen atoms in total. The minimum Gasteiger partial charge on any atom is -0.486 e. The van der Waals surface area contributed by atoms with Crippen LogP contribution in [0, 0.1) is 5.92 Å². The van der Waals surface area contributed by atoms with E-state index in [1.807, 2.05) is 12.1 Å². The molecular formula is C16H19N5O3S. The van der Waals surface area contributed by atoms with Crippen LogP contribution in [0.2, 0.25) is 0 Å². The number of hydrogen-bond donors (Lipinski definition) is 4. The van der Waals surface area contributed by atoms with E-state index in [9.17, 15) is 4.79 Å². The normalized spacial score (nSPS) is 27.9. The van der Waals surface area contributed by atoms with Crippen molar-refractivity contribution in [3.63, 3.8) is 0 Å². The Balaban J connectivity index is 1.32. The standard InChI is InChI=1S/C16H19N5O3S/c22-15(8-1-2-9-10(5-8)20-21-19-9)18-16-17-11-6-12-13(7-14(11)25-16)24-4-3-23-12/h6-10,19-21H,1-5H2,(H,17,18,22). The summed E-state index contributed by atoms with van der Waals surface area (Å²) in [4.78, 5) is 17.2. The van der Waals surface area contributed by atoms with Gasteiger partial charge in [0, 0.05) is 30.1 Å². The Kier molecular flexibility index (Phi) is 3.74. The smallest absolute Gasteiger partial charge is 0.229 e. The minimum absolute atomic E-state index is 0.00216. The zero-order valence-corrected chi connectivity index (χ0v) is 14.3. The predicted octanol–water partition coefficient (Wildman–Crippen LogP) is 1.16. The second-order valence-corrected chi connectivity index (χ2v) is 7.64. The van der Waals surface area contributed by atoms with Crippen molar-refractivity contribution in [2.45, 2.75) is 31.3 Å². The van der Waals surface area contributed by atoms with Gasteiger partial charge in [-0.25, -0.2) is 15.8 Å². The number of hydrazine groups is 2. The van der Waals surface area contributed by atoms with Crippen LogP contribution in [0.5, 0.6) is 11.5 Å². The summed E-state index contributed by atoms with van der Waals surface area (Å²) in [6, 6.07) is 4.50. The van der Waals surface area contributed by atoms with Crippen LogP contribution in [0.25, 0.3) is 10.2 Å². The number of carbonyl (C=O) groups is 1. The topological polar surface area (TPSA) is 96.5 Å². The molecule has 132 valence electrons. The second-order valence-electron chi connectivity index (χ2n) is 6.61. The largest absolute Gasteiger partial charge is 0.486 e. The summed E-state index contributed by atoms with van der Waals surface area (Å²) >= 11 is 1.46. The average Bonchev–Trinajstić information content (AvgIpc) is 3.24. The van der Waals surface area contributed by atoms with Crippen molar-refractivity contribution in [3.05, 3.63) is 12.1 Å². The molecule has 0 radical (unpaired) electrons. The Hall–Kier alpha value is -1.94. The summed E-state index contributed by atoms with van der Waals surface area (Å²) in [5.74, 6) is 1.50. The minimum atomic E-state index is 0.00216. The fraction of sp³-hybridized carbons (Fsp3) is 0.500. The molecule has 3 aliphatic rings. The molecule has 1 aromatic heterocycles. The Morgan fingerprint density at radius 2 is 1.96 bits per heavy atom. The summed E-state index contributed by atoms with van der Waals surface area (Å²) in [7, 11) is 0. The highest BCUT2D eigenvalue weighted by Crippen LogP contribution is 2.38. The molecule has 9 heteroatoms. The molecule has 5 rings (SSSR count). The fourth-order valence-corrected chi connectivity index (χ4v) is 4.57. The number of amides is 1. The lowest BCUT2D eigenvalue weighted by Crippen LogP contribution is -2.42. The number of fused-ring (bicyclic) bond motifs is 3. The van der Waals surface area contributed by atoms with Crippen molar-refractivity contribution in [2.75, 3.05) is 18.5 Å². The number of aromatic nitrogens is 1. The first-order chi connectivity index (χ1) is 12.3. The summed E-state index contributed by atoms with van der Waals surface area (Å²) < 4.78 is 12.2. The third kappa shape index (κ3) is 2.82. The lowest BCUT2D eigenvalue weighted by molar-refractivity contribution is -0.121. The van der Waals surface area contributed by atoms with Gasteiger partial charge in [0.05, 0.1) is 10.2 Å². The maximum absolute atomic E-state index is 12.6. The van der Waals surface area contributed by atoms with E-state index in [0.717, 1.165) is 35.2 Å². The van der Waals surface area contributed by atoms with Gasteiger partial charge in [-0.15, -0.1) is 0 Å². The maximum atomic E-state index is 12.6. The van der Waals surface area contributed by atoms with E-state index in [-0.39, 0.29) is 11.8 Å². The van der Waals surface area contributed by atoms with Gasteiger partial charge in [-0.05, 0) is 19.3 Å². The quantitative estimate of drug-likeness (QED) is 0.637. The van der Waals surface area contributed by atoms with Gasteiger partial charge in [0.25, 0.3) is 0 Å². The lowest BCUT2D eigenvalue weighted by Gasteiger charge is -2.29. The highest BCUT2D eigenvalue weighted by molar-refractivity contribution is 7.22. The van der Waals surface area contributed by atoms with E-state index in [1.54, 1.807) is 0 Å². The van der Waals surface area contributed by atoms with Crippen molar-refractivity contribution in [1.82, 2.24) is 21.4 Å². The molecule has 2 fully saturated rings. The number of hydrogen-bond acceptors (Lipinski definition) is 8. The summed E-state index contributed by atoms with van der Waals surface area (Å²) in [6.07, 6.45) is 2.67. The number of thiazole rings is 1. The summed E-state index contributed by atoms with van der Waals surface area (Å²) in [5, 5.41) is 3.61. The van der Waals surface area contributed by atoms with Crippen molar-refractivity contribution < 1.29 is 14.3 Å². The van der Waals surface area contributed by atoms with Crippen molar-refractivity contribution >= 4 is 32.6 Å². The first-order valence-corrected chi connectivity index (χ1v) is 9.35. The molecule has 2 aromatic rings. The predicted molar refractivity (Wildman–Crippen MR) is 93.6 cm³/mol. The van der Waals surface area contributed by atoms with Crippen molar-refractivity contribution in [2.24, 2.45) is 5.92 Å². The van der Waals surface area contributed by atoms with Gasteiger partial charge < -0.3 is 14.8 Å². The fourth-order valence-electron chi connectivity index (χ4n) is 3.69. The van der Waals surface area contributed by atoms with Gasteiger partial charge in [0.1, 0.15) is 13.2 Å². The number of anilines is 1. The Morgan fingerprint density at radius 1 is 1.16 bits per heavy atom. The summed E-state index contributed by atoms with van der Waals surface area (Å²) in [6.45, 7) is 1.11. The Labute approximate surface area is 148 Å². The average molecular weight is 361 g/mol. The molecule has 4 N–H and O–H groups in total. The molecular weight excluding hydrogens is 342 g/mol. The van der Waals surface area contributed by atoms with Crippen LogP contribution in [0.1, 0.15) is 19.3 Å². The van der Waals surface area contributed by atoms with Crippen LogP contribution < -0.4 is 31.2 Å². The zero-order valence-electron chi connectivity index (χ0n) is 13.5. The number of rotatable bonds is 2. The molecule has 25 heavy (non-hydrogen) atoms. The van der Waals surface area contributed by atoms with Crippen LogP contribution in [0.4, 0.5) is 5.13 Å². The molecule has 1 aromatic carbocycles. The molecule has 1 amide bonds. The monoisotopic (exact) mass is 361 g/mol. The SMILES string of the molecule is O=C(Nc1nc2cc3c(cc2s1)OCCO3)C1CCC2NNNC2C1. The van der Waals surface area contributed by atoms with Crippen LogP contribution >= 0.6 is 11.3 Å². The molecule has 2 aliphatic heterocycles. The van der Waals surface area contributed by atoms with E-state index in [4.69, 9.17) is 9.47 Å². The van der Waals surface area contributed by atoms with E-state index in [1.165, 1.54) is 11.3 Å². The lowest BCUT2D eigenvalue weighted by atomic mass is 9.83. The highest BCUT2D eigenvalue weighted by Gasteiger charge is 2.36. The third-order valence-electron chi connectivity index (χ3n) is 5.02. The first kappa shape index (κ1) is 15.3. The molecule has 1 saturated heterocycles. The van der Waals surface area contributed by atoms with Gasteiger partial charge in [0.2, 0.25) is 5.91 Å². The van der Waals surface area contributed by atoms with Gasteiger partial charge >= 0.3 is 0 Å². The van der Waals surface area contributed by atoms with Crippen LogP contribution in [-0.2, 0) is 4.79 Å². The van der Waals surface area contributed by atoms with E-state index < -0.39 is 0 Å². The first-order valence-electron chi connectivity index (χ1n) is 8.53. The summed E-state index contributed by atoms with van der Waals surface area (Å²) in [5.41, 5.74) is 10.1. The van der Waals surface area contributed by atoms with Crippen LogP contribution in [0.15, 0.2) is 12.1 Å². The maximum Gasteiger partial charge on any atom is 0.229 e. The molecule has 1 aliphatic carbocycles. The molecule has 3 heterocycles. The van der Waals surface area contributed by atoms with Crippen LogP contribution in [-0.4, -0.2) is 36.2 Å². The van der Waals surface area contributed by atoms with E-state index in [0.29, 0.717) is 36.2 Å². The molecule has 3 unspecified atom stereocenters. The molecule has 0 spiro atoms. The van der Waals surface area contributed by atoms with Crippen LogP contribution in [0.3, 0.4) is 0 Å². The zero-order chi connectivity index (χ0) is 16.8. The Bertz CT molecular complexity index is 782. The van der Waals surface area contributed by atoms with Gasteiger partial charge in [-0.1, -0.05) is 11.3 Å². The highest BCUT2D eigenvalue weighted by atomic mass is 32.1. The van der Waals surface area contributed by atoms with Crippen molar-refractivity contribution in [1.29, 1.82) is 0 Å². The number of nitrogens with one attached hydrogen (secondary N) is 4. The molecule has 3 atom stereocenters. The van der Waals surface area contributed by atoms with E-state index >= 15 is 0 Å². The van der Waals surface area contributed by atoms with Crippen molar-refractivity contribution in [3.8, 4) is 11.5 Å². The number of benzene rings is 1. The Morgan fingerprint density at radius 3 is 2.84 bits per heavy atom. The number of carbonyl (C=O) groups excluding carboxylic acids is 1. The van der Waals surface area contributed by atoms with Gasteiger partial charge in [0.15, 0.2) is 16.6 Å². The number of ether oxygens (including phenoxy) is 2. The van der Waals surface area contributed by atoms with Gasteiger partial charge in [-0.3, -0.25) is 4.79 Å². The van der Waals surface area contributed by atoms with E-state index in [2.05, 4.69) is 26.7 Å². The molecule has 1 saturated carbocycles. The third-order valence-corrected chi connectivity index (χ3v) is 5.95. The van der Waals surface area contributed by atoms with Gasteiger partial charge in [-0.2, -0.15) is 5.53 Å². The molecule has 0 bridgehead atoms.